The van der Waals surface area contributed by atoms with Gasteiger partial charge < -0.3 is 10.0 Å². The van der Waals surface area contributed by atoms with Crippen LogP contribution in [0.5, 0.6) is 5.75 Å². The van der Waals surface area contributed by atoms with E-state index in [9.17, 15) is 5.11 Å². The van der Waals surface area contributed by atoms with Crippen LogP contribution in [0, 0.1) is 0 Å². The van der Waals surface area contributed by atoms with Gasteiger partial charge in [0.05, 0.1) is 0 Å². The van der Waals surface area contributed by atoms with Crippen LogP contribution in [0.15, 0.2) is 48.0 Å². The third-order valence-corrected chi connectivity index (χ3v) is 4.59. The lowest BCUT2D eigenvalue weighted by Gasteiger charge is -2.26. The molecule has 0 saturated heterocycles. The minimum Gasteiger partial charge on any atom is -0.508 e. The van der Waals surface area contributed by atoms with Crippen molar-refractivity contribution in [2.45, 2.75) is 19.3 Å². The number of likely N-dealkylation sites (N-methyl/N-ethyl adjacent to an activating group) is 1. The van der Waals surface area contributed by atoms with Crippen molar-refractivity contribution >= 4 is 17.2 Å². The van der Waals surface area contributed by atoms with Crippen LogP contribution < -0.4 is 0 Å². The van der Waals surface area contributed by atoms with Gasteiger partial charge in [0.25, 0.3) is 0 Å². The highest BCUT2D eigenvalue weighted by Crippen LogP contribution is 2.35. The minimum absolute atomic E-state index is 0.352. The summed E-state index contributed by atoms with van der Waals surface area (Å²) in [5.41, 5.74) is 6.67. The van der Waals surface area contributed by atoms with Crippen molar-refractivity contribution in [3.05, 3.63) is 69.8 Å². The number of allylic oxidation sites excluding steroid dienone is 1. The number of aromatic hydroxyl groups is 1. The van der Waals surface area contributed by atoms with E-state index in [1.165, 1.54) is 27.8 Å². The summed E-state index contributed by atoms with van der Waals surface area (Å²) in [5, 5.41) is 10.5. The maximum atomic E-state index is 9.77. The smallest absolute Gasteiger partial charge is 0.115 e. The van der Waals surface area contributed by atoms with Gasteiger partial charge in [-0.15, -0.1) is 0 Å². The Morgan fingerprint density at radius 3 is 2.48 bits per heavy atom. The summed E-state index contributed by atoms with van der Waals surface area (Å²) in [6.07, 6.45) is 2.95. The van der Waals surface area contributed by atoms with E-state index in [4.69, 9.17) is 11.6 Å². The van der Waals surface area contributed by atoms with Crippen LogP contribution in [0.4, 0.5) is 0 Å². The van der Waals surface area contributed by atoms with E-state index in [1.807, 2.05) is 18.2 Å². The van der Waals surface area contributed by atoms with Crippen molar-refractivity contribution in [3.63, 3.8) is 0 Å². The van der Waals surface area contributed by atoms with Crippen molar-refractivity contribution < 1.29 is 5.11 Å². The minimum atomic E-state index is 0.352. The highest BCUT2D eigenvalue weighted by atomic mass is 35.5. The summed E-state index contributed by atoms with van der Waals surface area (Å²) < 4.78 is 0. The first-order valence-corrected chi connectivity index (χ1v) is 8.33. The van der Waals surface area contributed by atoms with Crippen molar-refractivity contribution in [2.75, 3.05) is 20.6 Å². The van der Waals surface area contributed by atoms with Crippen LogP contribution in [0.25, 0.3) is 5.57 Å². The number of hydrogen-bond donors (Lipinski definition) is 1. The van der Waals surface area contributed by atoms with Gasteiger partial charge in [0, 0.05) is 11.6 Å². The fourth-order valence-electron chi connectivity index (χ4n) is 3.29. The number of rotatable bonds is 4. The Hall–Kier alpha value is -1.77. The number of hydrogen-bond acceptors (Lipinski definition) is 2. The predicted molar refractivity (Wildman–Crippen MR) is 97.1 cm³/mol. The van der Waals surface area contributed by atoms with Crippen molar-refractivity contribution in [1.29, 1.82) is 0 Å². The molecule has 3 rings (SSSR count). The summed E-state index contributed by atoms with van der Waals surface area (Å²) in [6.45, 7) is 0.975. The normalized spacial score (nSPS) is 14.3. The molecule has 0 saturated carbocycles. The average Bonchev–Trinajstić information content (AvgIpc) is 2.51. The molecule has 1 N–H and O–H groups in total. The van der Waals surface area contributed by atoms with Crippen LogP contribution in [0.1, 0.15) is 23.1 Å². The van der Waals surface area contributed by atoms with Crippen LogP contribution in [-0.2, 0) is 12.8 Å². The van der Waals surface area contributed by atoms with E-state index >= 15 is 0 Å². The fourth-order valence-corrected chi connectivity index (χ4v) is 3.42. The summed E-state index contributed by atoms with van der Waals surface area (Å²) in [6, 6.07) is 13.8. The average molecular weight is 328 g/mol. The van der Waals surface area contributed by atoms with Gasteiger partial charge in [-0.05, 0) is 79.9 Å². The number of fused-ring (bicyclic) bond motifs is 1. The van der Waals surface area contributed by atoms with Gasteiger partial charge >= 0.3 is 0 Å². The van der Waals surface area contributed by atoms with E-state index in [1.54, 1.807) is 6.07 Å². The number of phenolic OH excluding ortho intramolecular Hbond substituents is 1. The summed E-state index contributed by atoms with van der Waals surface area (Å²) in [7, 11) is 4.22. The summed E-state index contributed by atoms with van der Waals surface area (Å²) in [4.78, 5) is 2.22. The Morgan fingerprint density at radius 1 is 1.04 bits per heavy atom. The van der Waals surface area contributed by atoms with Crippen molar-refractivity contribution in [1.82, 2.24) is 4.90 Å². The lowest BCUT2D eigenvalue weighted by molar-refractivity contribution is 0.438. The van der Waals surface area contributed by atoms with Gasteiger partial charge in [-0.3, -0.25) is 0 Å². The molecule has 3 heteroatoms. The van der Waals surface area contributed by atoms with E-state index in [2.05, 4.69) is 37.2 Å². The van der Waals surface area contributed by atoms with Gasteiger partial charge in [-0.2, -0.15) is 0 Å². The molecule has 120 valence electrons. The fraction of sp³-hybridized carbons (Fsp3) is 0.300. The lowest BCUT2D eigenvalue weighted by atomic mass is 9.82. The van der Waals surface area contributed by atoms with Gasteiger partial charge in [0.15, 0.2) is 0 Å². The molecule has 2 nitrogen and oxygen atoms in total. The number of aryl methyl sites for hydroxylation is 1. The molecule has 0 fully saturated rings. The number of phenols is 1. The molecule has 0 bridgehead atoms. The molecule has 0 atom stereocenters. The van der Waals surface area contributed by atoms with E-state index in [0.29, 0.717) is 5.75 Å². The maximum absolute atomic E-state index is 9.77. The third kappa shape index (κ3) is 3.77. The number of nitrogens with zero attached hydrogens (tertiary/aromatic N) is 1. The molecule has 0 aromatic heterocycles. The molecule has 23 heavy (non-hydrogen) atoms. The van der Waals surface area contributed by atoms with Crippen molar-refractivity contribution in [2.24, 2.45) is 0 Å². The zero-order valence-electron chi connectivity index (χ0n) is 13.6. The number of benzene rings is 2. The first-order valence-electron chi connectivity index (χ1n) is 7.95. The molecule has 0 spiro atoms. The molecule has 1 aliphatic rings. The zero-order valence-corrected chi connectivity index (χ0v) is 14.4. The molecule has 0 aliphatic heterocycles. The van der Waals surface area contributed by atoms with Crippen LogP contribution in [-0.4, -0.2) is 30.6 Å². The largest absolute Gasteiger partial charge is 0.508 e. The molecule has 1 aliphatic carbocycles. The topological polar surface area (TPSA) is 23.5 Å². The SMILES string of the molecule is CN(C)CC1=C(Cc2ccc(Cl)cc2)c2ccc(O)cc2CC1. The van der Waals surface area contributed by atoms with E-state index in [-0.39, 0.29) is 0 Å². The molecular formula is C20H22ClNO. The first kappa shape index (κ1) is 16.1. The number of halogens is 1. The van der Waals surface area contributed by atoms with E-state index in [0.717, 1.165) is 30.8 Å². The quantitative estimate of drug-likeness (QED) is 0.890. The summed E-state index contributed by atoms with van der Waals surface area (Å²) in [5.74, 6) is 0.352. The van der Waals surface area contributed by atoms with Gasteiger partial charge in [-0.1, -0.05) is 35.4 Å². The summed E-state index contributed by atoms with van der Waals surface area (Å²) >= 11 is 6.00. The molecule has 0 radical (unpaired) electrons. The zero-order chi connectivity index (χ0) is 16.4. The third-order valence-electron chi connectivity index (χ3n) is 4.34. The highest BCUT2D eigenvalue weighted by molar-refractivity contribution is 6.30. The Kier molecular flexibility index (Phi) is 4.74. The molecule has 2 aromatic carbocycles. The Bertz CT molecular complexity index is 732. The molecule has 0 amide bonds. The predicted octanol–water partition coefficient (Wildman–Crippen LogP) is 4.55. The van der Waals surface area contributed by atoms with Crippen LogP contribution in [0.2, 0.25) is 5.02 Å². The maximum Gasteiger partial charge on any atom is 0.115 e. The second-order valence-electron chi connectivity index (χ2n) is 6.46. The monoisotopic (exact) mass is 327 g/mol. The molecular weight excluding hydrogens is 306 g/mol. The molecule has 0 unspecified atom stereocenters. The Labute approximate surface area is 143 Å². The second-order valence-corrected chi connectivity index (χ2v) is 6.90. The Morgan fingerprint density at radius 2 is 1.78 bits per heavy atom. The lowest BCUT2D eigenvalue weighted by Crippen LogP contribution is -2.19. The first-order chi connectivity index (χ1) is 11.0. The molecule has 2 aromatic rings. The Balaban J connectivity index is 2.01. The molecule has 0 heterocycles. The second kappa shape index (κ2) is 6.77. The van der Waals surface area contributed by atoms with Gasteiger partial charge in [0.1, 0.15) is 5.75 Å². The van der Waals surface area contributed by atoms with Crippen LogP contribution >= 0.6 is 11.6 Å². The van der Waals surface area contributed by atoms with Crippen molar-refractivity contribution in [3.8, 4) is 5.75 Å². The standard InChI is InChI=1S/C20H22ClNO/c1-22(2)13-16-6-5-15-12-18(23)9-10-19(15)20(16)11-14-3-7-17(21)8-4-14/h3-4,7-10,12,23H,5-6,11,13H2,1-2H3. The van der Waals surface area contributed by atoms with Crippen LogP contribution in [0.3, 0.4) is 0 Å². The van der Waals surface area contributed by atoms with Gasteiger partial charge in [-0.25, -0.2) is 0 Å². The van der Waals surface area contributed by atoms with Gasteiger partial charge in [0.2, 0.25) is 0 Å². The van der Waals surface area contributed by atoms with E-state index < -0.39 is 0 Å². The highest BCUT2D eigenvalue weighted by Gasteiger charge is 2.20.